The highest BCUT2D eigenvalue weighted by Crippen LogP contribution is 2.35. The lowest BCUT2D eigenvalue weighted by atomic mass is 10.3. The van der Waals surface area contributed by atoms with Gasteiger partial charge in [0.2, 0.25) is 0 Å². The molecule has 3 aromatic rings. The monoisotopic (exact) mass is 338 g/mol. The molecular weight excluding hydrogens is 328 g/mol. The Kier molecular flexibility index (Phi) is 5.00. The summed E-state index contributed by atoms with van der Waals surface area (Å²) in [7, 11) is 0. The van der Waals surface area contributed by atoms with Crippen LogP contribution < -0.4 is 5.32 Å². The van der Waals surface area contributed by atoms with Crippen molar-refractivity contribution in [3.8, 4) is 10.6 Å². The van der Waals surface area contributed by atoms with Crippen LogP contribution in [0.4, 0.5) is 5.00 Å². The maximum Gasteiger partial charge on any atom is 0.268 e. The van der Waals surface area contributed by atoms with Crippen LogP contribution in [0.25, 0.3) is 10.6 Å². The van der Waals surface area contributed by atoms with Crippen LogP contribution in [-0.4, -0.2) is 20.2 Å². The van der Waals surface area contributed by atoms with Crippen molar-refractivity contribution in [2.24, 2.45) is 0 Å². The molecule has 0 saturated carbocycles. The van der Waals surface area contributed by atoms with Gasteiger partial charge in [-0.25, -0.2) is 9.36 Å². The van der Waals surface area contributed by atoms with Crippen molar-refractivity contribution in [1.82, 2.24) is 14.3 Å². The summed E-state index contributed by atoms with van der Waals surface area (Å²) in [5.74, 6) is -0.240. The molecular formula is C13H11ClN4OS2. The Bertz CT molecular complexity index is 728. The molecule has 0 aliphatic heterocycles. The molecule has 0 bridgehead atoms. The topological polar surface area (TPSA) is 67.8 Å². The van der Waals surface area contributed by atoms with Crippen LogP contribution in [0, 0.1) is 0 Å². The van der Waals surface area contributed by atoms with E-state index in [9.17, 15) is 4.79 Å². The number of nitrogens with zero attached hydrogens (tertiary/aromatic N) is 3. The summed E-state index contributed by atoms with van der Waals surface area (Å²) >= 11 is 8.49. The summed E-state index contributed by atoms with van der Waals surface area (Å²) in [6, 6.07) is 5.36. The minimum absolute atomic E-state index is 0. The van der Waals surface area contributed by atoms with E-state index in [-0.39, 0.29) is 18.5 Å². The molecule has 3 rings (SSSR count). The van der Waals surface area contributed by atoms with E-state index in [1.807, 2.05) is 12.1 Å². The summed E-state index contributed by atoms with van der Waals surface area (Å²) in [6.07, 6.45) is 4.96. The molecule has 0 radical (unpaired) electrons. The third kappa shape index (κ3) is 3.44. The molecule has 5 nitrogen and oxygen atoms in total. The van der Waals surface area contributed by atoms with E-state index in [2.05, 4.69) is 19.7 Å². The number of hydrogen-bond donors (Lipinski definition) is 1. The number of aromatic nitrogens is 3. The van der Waals surface area contributed by atoms with Crippen molar-refractivity contribution < 1.29 is 4.79 Å². The zero-order valence-electron chi connectivity index (χ0n) is 9.91. The van der Waals surface area contributed by atoms with E-state index in [0.29, 0.717) is 14.9 Å². The highest BCUT2D eigenvalue weighted by atomic mass is 35.5. The summed E-state index contributed by atoms with van der Waals surface area (Å²) < 4.78 is 3.89. The average Bonchev–Trinajstić information content (AvgIpc) is 3.10. The summed E-state index contributed by atoms with van der Waals surface area (Å²) in [5.41, 5.74) is 0.859. The Morgan fingerprint density at radius 2 is 2.14 bits per heavy atom. The van der Waals surface area contributed by atoms with E-state index in [0.717, 1.165) is 17.1 Å². The third-order valence-corrected chi connectivity index (χ3v) is 4.53. The predicted octanol–water partition coefficient (Wildman–Crippen LogP) is 4.20. The second-order valence-electron chi connectivity index (χ2n) is 3.71. The van der Waals surface area contributed by atoms with Gasteiger partial charge in [0.05, 0.1) is 0 Å². The average molecular weight is 339 g/mol. The Balaban J connectivity index is 0.00000161. The lowest BCUT2D eigenvalue weighted by Gasteiger charge is -1.98. The fourth-order valence-corrected chi connectivity index (χ4v) is 3.12. The number of pyridine rings is 1. The van der Waals surface area contributed by atoms with Crippen LogP contribution in [0.5, 0.6) is 0 Å². The van der Waals surface area contributed by atoms with Crippen LogP contribution in [0.2, 0.25) is 5.15 Å². The lowest BCUT2D eigenvalue weighted by molar-refractivity contribution is 0.103. The molecule has 8 heteroatoms. The van der Waals surface area contributed by atoms with Gasteiger partial charge in [-0.05, 0) is 29.7 Å². The van der Waals surface area contributed by atoms with Gasteiger partial charge in [-0.3, -0.25) is 9.78 Å². The zero-order chi connectivity index (χ0) is 13.9. The van der Waals surface area contributed by atoms with Gasteiger partial charge in [-0.15, -0.1) is 0 Å². The first-order valence-corrected chi connectivity index (χ1v) is 7.49. The van der Waals surface area contributed by atoms with Crippen LogP contribution >= 0.6 is 34.5 Å². The third-order valence-electron chi connectivity index (χ3n) is 2.38. The number of carbonyl (C=O) groups is 1. The van der Waals surface area contributed by atoms with E-state index < -0.39 is 0 Å². The molecule has 0 aliphatic rings. The molecule has 108 valence electrons. The fourth-order valence-electron chi connectivity index (χ4n) is 1.49. The van der Waals surface area contributed by atoms with E-state index in [1.54, 1.807) is 24.7 Å². The molecule has 3 heterocycles. The Hall–Kier alpha value is -1.83. The molecule has 0 atom stereocenters. The van der Waals surface area contributed by atoms with Crippen molar-refractivity contribution in [3.63, 3.8) is 0 Å². The minimum Gasteiger partial charge on any atom is -0.310 e. The molecule has 0 aromatic carbocycles. The van der Waals surface area contributed by atoms with Gasteiger partial charge in [0.25, 0.3) is 5.91 Å². The zero-order valence-corrected chi connectivity index (χ0v) is 12.3. The molecule has 1 amide bonds. The van der Waals surface area contributed by atoms with Crippen LogP contribution in [0.1, 0.15) is 17.1 Å². The number of rotatable bonds is 3. The van der Waals surface area contributed by atoms with Gasteiger partial charge >= 0.3 is 0 Å². The van der Waals surface area contributed by atoms with E-state index >= 15 is 0 Å². The molecule has 3 aromatic heterocycles. The first kappa shape index (κ1) is 15.6. The first-order valence-electron chi connectivity index (χ1n) is 5.53. The molecule has 0 saturated heterocycles. The summed E-state index contributed by atoms with van der Waals surface area (Å²) in [6.45, 7) is 0. The van der Waals surface area contributed by atoms with Crippen LogP contribution in [-0.2, 0) is 0 Å². The van der Waals surface area contributed by atoms with Gasteiger partial charge in [0, 0.05) is 24.2 Å². The Morgan fingerprint density at radius 1 is 1.29 bits per heavy atom. The van der Waals surface area contributed by atoms with E-state index in [4.69, 9.17) is 11.6 Å². The molecule has 0 spiro atoms. The van der Waals surface area contributed by atoms with Crippen molar-refractivity contribution in [1.29, 1.82) is 0 Å². The second kappa shape index (κ2) is 6.75. The number of nitrogens with one attached hydrogen (secondary N) is 1. The highest BCUT2D eigenvalue weighted by molar-refractivity contribution is 7.19. The number of carbonyl (C=O) groups excluding carboxylic acids is 1. The molecule has 0 unspecified atom stereocenters. The Labute approximate surface area is 134 Å². The molecule has 21 heavy (non-hydrogen) atoms. The molecule has 0 aliphatic carbocycles. The number of thiazole rings is 1. The number of anilines is 1. The first-order chi connectivity index (χ1) is 9.74. The molecule has 0 fully saturated rings. The summed E-state index contributed by atoms with van der Waals surface area (Å²) in [4.78, 5) is 20.7. The van der Waals surface area contributed by atoms with Gasteiger partial charge < -0.3 is 5.32 Å². The van der Waals surface area contributed by atoms with Gasteiger partial charge in [0.1, 0.15) is 14.9 Å². The van der Waals surface area contributed by atoms with Crippen LogP contribution in [0.15, 0.2) is 36.8 Å². The van der Waals surface area contributed by atoms with Gasteiger partial charge in [-0.1, -0.05) is 30.4 Å². The molecule has 1 N–H and O–H groups in total. The smallest absolute Gasteiger partial charge is 0.268 e. The standard InChI is InChI=1S/C12H7ClN4OS2.CH4/c13-9-12(17-10(18)8-3-5-15-20-8)19-11(16-9)7-2-1-4-14-6-7;/h1-6H,(H,17,18);1H4. The fraction of sp³-hybridized carbons (Fsp3) is 0.0769. The van der Waals surface area contributed by atoms with Crippen molar-refractivity contribution in [3.05, 3.63) is 46.8 Å². The largest absolute Gasteiger partial charge is 0.310 e. The van der Waals surface area contributed by atoms with Crippen molar-refractivity contribution in [2.45, 2.75) is 7.43 Å². The van der Waals surface area contributed by atoms with Crippen molar-refractivity contribution in [2.75, 3.05) is 5.32 Å². The number of amides is 1. The Morgan fingerprint density at radius 3 is 2.81 bits per heavy atom. The predicted molar refractivity (Wildman–Crippen MR) is 87.2 cm³/mol. The second-order valence-corrected chi connectivity index (χ2v) is 5.90. The number of hydrogen-bond acceptors (Lipinski definition) is 6. The van der Waals surface area contributed by atoms with Crippen molar-refractivity contribution >= 4 is 45.4 Å². The van der Waals surface area contributed by atoms with Gasteiger partial charge in [0.15, 0.2) is 5.15 Å². The van der Waals surface area contributed by atoms with Gasteiger partial charge in [-0.2, -0.15) is 0 Å². The SMILES string of the molecule is C.O=C(Nc1sc(-c2cccnc2)nc1Cl)c1ccns1. The lowest BCUT2D eigenvalue weighted by Crippen LogP contribution is -2.09. The maximum atomic E-state index is 11.9. The minimum atomic E-state index is -0.240. The van der Waals surface area contributed by atoms with Crippen LogP contribution in [0.3, 0.4) is 0 Å². The quantitative estimate of drug-likeness (QED) is 0.777. The number of halogens is 1. The normalized spacial score (nSPS) is 9.95. The van der Waals surface area contributed by atoms with E-state index in [1.165, 1.54) is 11.3 Å². The maximum absolute atomic E-state index is 11.9. The summed E-state index contributed by atoms with van der Waals surface area (Å²) in [5, 5.41) is 4.24. The highest BCUT2D eigenvalue weighted by Gasteiger charge is 2.15.